The van der Waals surface area contributed by atoms with Crippen molar-refractivity contribution in [3.05, 3.63) is 35.4 Å². The Morgan fingerprint density at radius 2 is 1.65 bits per heavy atom. The standard InChI is InChI=1S/C15H19BF2O2/c1-14(2)15(3,4)20-16(19-14)11-8-10(11)9-5-6-12(17)13(18)7-9/h5-7,10-11H,8H2,1-4H3/t10-,11+/m0/s1. The van der Waals surface area contributed by atoms with E-state index in [1.165, 1.54) is 12.1 Å². The van der Waals surface area contributed by atoms with Crippen LogP contribution in [0.4, 0.5) is 8.78 Å². The van der Waals surface area contributed by atoms with Gasteiger partial charge in [-0.2, -0.15) is 0 Å². The van der Waals surface area contributed by atoms with Crippen LogP contribution in [0.1, 0.15) is 45.6 Å². The molecule has 108 valence electrons. The monoisotopic (exact) mass is 280 g/mol. The lowest BCUT2D eigenvalue weighted by atomic mass is 9.79. The van der Waals surface area contributed by atoms with Gasteiger partial charge in [0.1, 0.15) is 0 Å². The fourth-order valence-corrected chi connectivity index (χ4v) is 2.71. The number of halogens is 2. The summed E-state index contributed by atoms with van der Waals surface area (Å²) in [7, 11) is -0.266. The van der Waals surface area contributed by atoms with Gasteiger partial charge in [0.25, 0.3) is 0 Å². The molecule has 1 saturated heterocycles. The van der Waals surface area contributed by atoms with E-state index in [-0.39, 0.29) is 30.1 Å². The third-order valence-electron chi connectivity index (χ3n) is 4.83. The first-order chi connectivity index (χ1) is 9.21. The molecule has 1 heterocycles. The minimum atomic E-state index is -0.804. The first-order valence-corrected chi connectivity index (χ1v) is 7.02. The Bertz CT molecular complexity index is 529. The average Bonchev–Trinajstić information content (AvgIpc) is 3.07. The van der Waals surface area contributed by atoms with Crippen molar-refractivity contribution in [1.29, 1.82) is 0 Å². The van der Waals surface area contributed by atoms with Crippen LogP contribution in [-0.4, -0.2) is 18.3 Å². The Labute approximate surface area is 118 Å². The summed E-state index contributed by atoms with van der Waals surface area (Å²) in [6.07, 6.45) is 0.891. The summed E-state index contributed by atoms with van der Waals surface area (Å²) in [5.74, 6) is -1.18. The molecule has 20 heavy (non-hydrogen) atoms. The lowest BCUT2D eigenvalue weighted by Gasteiger charge is -2.32. The number of hydrogen-bond acceptors (Lipinski definition) is 2. The molecule has 1 aliphatic heterocycles. The van der Waals surface area contributed by atoms with Gasteiger partial charge in [0.05, 0.1) is 11.2 Å². The van der Waals surface area contributed by atoms with Crippen molar-refractivity contribution in [1.82, 2.24) is 0 Å². The highest BCUT2D eigenvalue weighted by molar-refractivity contribution is 6.49. The van der Waals surface area contributed by atoms with E-state index in [9.17, 15) is 8.78 Å². The van der Waals surface area contributed by atoms with Gasteiger partial charge >= 0.3 is 7.12 Å². The van der Waals surface area contributed by atoms with E-state index in [1.807, 2.05) is 27.7 Å². The van der Waals surface area contributed by atoms with Gasteiger partial charge in [-0.05, 0) is 57.7 Å². The van der Waals surface area contributed by atoms with Gasteiger partial charge in [-0.25, -0.2) is 8.78 Å². The predicted molar refractivity (Wildman–Crippen MR) is 73.5 cm³/mol. The topological polar surface area (TPSA) is 18.5 Å². The maximum atomic E-state index is 13.3. The highest BCUT2D eigenvalue weighted by Gasteiger charge is 2.59. The van der Waals surface area contributed by atoms with Crippen LogP contribution >= 0.6 is 0 Å². The van der Waals surface area contributed by atoms with Gasteiger partial charge in [-0.15, -0.1) is 0 Å². The Balaban J connectivity index is 1.72. The highest BCUT2D eigenvalue weighted by Crippen LogP contribution is 2.58. The molecular formula is C15H19BF2O2. The molecule has 0 spiro atoms. The van der Waals surface area contributed by atoms with E-state index >= 15 is 0 Å². The van der Waals surface area contributed by atoms with Crippen molar-refractivity contribution in [3.63, 3.8) is 0 Å². The minimum Gasteiger partial charge on any atom is -0.403 e. The molecule has 2 aliphatic rings. The third-order valence-corrected chi connectivity index (χ3v) is 4.83. The second-order valence-electron chi connectivity index (χ2n) is 6.80. The smallest absolute Gasteiger partial charge is 0.403 e. The molecule has 1 saturated carbocycles. The summed E-state index contributed by atoms with van der Waals surface area (Å²) in [6.45, 7) is 8.06. The lowest BCUT2D eigenvalue weighted by Crippen LogP contribution is -2.41. The van der Waals surface area contributed by atoms with Gasteiger partial charge in [-0.1, -0.05) is 6.07 Å². The lowest BCUT2D eigenvalue weighted by molar-refractivity contribution is 0.00578. The molecule has 1 aromatic rings. The SMILES string of the molecule is CC1(C)OB([C@@H]2C[C@H]2c2ccc(F)c(F)c2)OC1(C)C. The Morgan fingerprint density at radius 3 is 2.20 bits per heavy atom. The maximum absolute atomic E-state index is 13.3. The third kappa shape index (κ3) is 2.17. The van der Waals surface area contributed by atoms with Gasteiger partial charge in [0, 0.05) is 5.82 Å². The van der Waals surface area contributed by atoms with E-state index in [2.05, 4.69) is 0 Å². The molecule has 0 aromatic heterocycles. The zero-order valence-electron chi connectivity index (χ0n) is 12.2. The van der Waals surface area contributed by atoms with E-state index < -0.39 is 11.6 Å². The molecule has 0 bridgehead atoms. The van der Waals surface area contributed by atoms with Crippen LogP contribution in [0.2, 0.25) is 5.82 Å². The molecule has 1 aromatic carbocycles. The zero-order chi connectivity index (χ0) is 14.7. The molecule has 3 rings (SSSR count). The molecule has 0 amide bonds. The van der Waals surface area contributed by atoms with E-state index in [1.54, 1.807) is 6.07 Å². The van der Waals surface area contributed by atoms with Crippen molar-refractivity contribution < 1.29 is 18.1 Å². The average molecular weight is 280 g/mol. The van der Waals surface area contributed by atoms with Crippen molar-refractivity contribution in [2.24, 2.45) is 0 Å². The quantitative estimate of drug-likeness (QED) is 0.764. The first kappa shape index (κ1) is 14.0. The van der Waals surface area contributed by atoms with Gasteiger partial charge in [0.15, 0.2) is 11.6 Å². The maximum Gasteiger partial charge on any atom is 0.461 e. The summed E-state index contributed by atoms with van der Waals surface area (Å²) in [6, 6.07) is 4.11. The Morgan fingerprint density at radius 1 is 1.05 bits per heavy atom. The Kier molecular flexibility index (Phi) is 3.00. The predicted octanol–water partition coefficient (Wildman–Crippen LogP) is 3.91. The van der Waals surface area contributed by atoms with Gasteiger partial charge in [-0.3, -0.25) is 0 Å². The summed E-state index contributed by atoms with van der Waals surface area (Å²) in [5.41, 5.74) is 0.126. The molecule has 0 N–H and O–H groups in total. The van der Waals surface area contributed by atoms with Crippen LogP contribution in [0, 0.1) is 11.6 Å². The molecule has 2 fully saturated rings. The first-order valence-electron chi connectivity index (χ1n) is 7.02. The Hall–Kier alpha value is -0.935. The fraction of sp³-hybridized carbons (Fsp3) is 0.600. The van der Waals surface area contributed by atoms with Crippen LogP contribution in [0.15, 0.2) is 18.2 Å². The molecule has 0 unspecified atom stereocenters. The number of hydrogen-bond donors (Lipinski definition) is 0. The summed E-state index contributed by atoms with van der Waals surface area (Å²) in [5, 5.41) is 0. The minimum absolute atomic E-state index is 0.194. The number of benzene rings is 1. The molecule has 1 aliphatic carbocycles. The second-order valence-corrected chi connectivity index (χ2v) is 6.80. The summed E-state index contributed by atoms with van der Waals surface area (Å²) in [4.78, 5) is 0. The van der Waals surface area contributed by atoms with Crippen molar-refractivity contribution in [3.8, 4) is 0 Å². The van der Waals surface area contributed by atoms with E-state index in [0.29, 0.717) is 0 Å². The van der Waals surface area contributed by atoms with Crippen LogP contribution in [0.25, 0.3) is 0 Å². The molecule has 0 radical (unpaired) electrons. The largest absolute Gasteiger partial charge is 0.461 e. The van der Waals surface area contributed by atoms with Crippen LogP contribution < -0.4 is 0 Å². The van der Waals surface area contributed by atoms with Crippen molar-refractivity contribution in [2.75, 3.05) is 0 Å². The molecule has 5 heteroatoms. The fourth-order valence-electron chi connectivity index (χ4n) is 2.71. The second kappa shape index (κ2) is 4.28. The summed E-state index contributed by atoms with van der Waals surface area (Å²) < 4.78 is 38.2. The normalized spacial score (nSPS) is 30.6. The van der Waals surface area contributed by atoms with Gasteiger partial charge < -0.3 is 9.31 Å². The van der Waals surface area contributed by atoms with Crippen LogP contribution in [-0.2, 0) is 9.31 Å². The van der Waals surface area contributed by atoms with Crippen LogP contribution in [0.3, 0.4) is 0 Å². The van der Waals surface area contributed by atoms with E-state index in [4.69, 9.17) is 9.31 Å². The number of rotatable bonds is 2. The zero-order valence-corrected chi connectivity index (χ0v) is 12.2. The summed E-state index contributed by atoms with van der Waals surface area (Å²) >= 11 is 0. The van der Waals surface area contributed by atoms with Gasteiger partial charge in [0.2, 0.25) is 0 Å². The van der Waals surface area contributed by atoms with Crippen LogP contribution in [0.5, 0.6) is 0 Å². The van der Waals surface area contributed by atoms with Crippen molar-refractivity contribution in [2.45, 2.75) is 57.1 Å². The molecular weight excluding hydrogens is 261 g/mol. The highest BCUT2D eigenvalue weighted by atomic mass is 19.2. The van der Waals surface area contributed by atoms with Crippen molar-refractivity contribution >= 4 is 7.12 Å². The molecule has 2 atom stereocenters. The molecule has 2 nitrogen and oxygen atoms in total. The van der Waals surface area contributed by atoms with E-state index in [0.717, 1.165) is 12.0 Å².